The van der Waals surface area contributed by atoms with Crippen molar-refractivity contribution in [2.45, 2.75) is 19.8 Å². The average molecular weight is 340 g/mol. The molecule has 4 nitrogen and oxygen atoms in total. The number of aromatic amines is 1. The van der Waals surface area contributed by atoms with E-state index in [9.17, 15) is 9.59 Å². The molecule has 1 amide bonds. The number of ketones is 1. The third-order valence-corrected chi connectivity index (χ3v) is 4.88. The highest BCUT2D eigenvalue weighted by molar-refractivity contribution is 7.71. The van der Waals surface area contributed by atoms with Gasteiger partial charge in [-0.25, -0.2) is 0 Å². The number of likely N-dealkylation sites (tertiary alicyclic amines) is 1. The van der Waals surface area contributed by atoms with Gasteiger partial charge in [-0.1, -0.05) is 42.0 Å². The first kappa shape index (κ1) is 16.6. The Kier molecular flexibility index (Phi) is 4.90. The monoisotopic (exact) mass is 340 g/mol. The van der Waals surface area contributed by atoms with Crippen molar-refractivity contribution in [1.82, 2.24) is 9.88 Å². The highest BCUT2D eigenvalue weighted by atomic mass is 32.1. The van der Waals surface area contributed by atoms with Gasteiger partial charge in [0.2, 0.25) is 0 Å². The standard InChI is InChI=1S/C19H20N2O2S/c1-13-4-6-14(7-5-13)17(22)15-8-11-21(12-9-15)19(23)16-3-2-10-20-18(16)24/h2-7,10,15H,8-9,11-12H2,1H3,(H,20,24). The van der Waals surface area contributed by atoms with E-state index in [2.05, 4.69) is 4.98 Å². The van der Waals surface area contributed by atoms with Crippen LogP contribution in [0.4, 0.5) is 0 Å². The Morgan fingerprint density at radius 2 is 1.79 bits per heavy atom. The fourth-order valence-electron chi connectivity index (χ4n) is 3.06. The van der Waals surface area contributed by atoms with Crippen molar-refractivity contribution >= 4 is 23.9 Å². The fraction of sp³-hybridized carbons (Fsp3) is 0.316. The summed E-state index contributed by atoms with van der Waals surface area (Å²) in [4.78, 5) is 29.8. The summed E-state index contributed by atoms with van der Waals surface area (Å²) in [6, 6.07) is 11.2. The summed E-state index contributed by atoms with van der Waals surface area (Å²) >= 11 is 5.18. The van der Waals surface area contributed by atoms with Gasteiger partial charge in [-0.2, -0.15) is 0 Å². The summed E-state index contributed by atoms with van der Waals surface area (Å²) < 4.78 is 0.459. The van der Waals surface area contributed by atoms with E-state index in [1.165, 1.54) is 0 Å². The molecule has 1 fully saturated rings. The molecule has 5 heteroatoms. The lowest BCUT2D eigenvalue weighted by atomic mass is 9.88. The van der Waals surface area contributed by atoms with Gasteiger partial charge >= 0.3 is 0 Å². The zero-order chi connectivity index (χ0) is 17.1. The van der Waals surface area contributed by atoms with E-state index in [1.807, 2.05) is 31.2 Å². The highest BCUT2D eigenvalue weighted by Crippen LogP contribution is 2.23. The zero-order valence-corrected chi connectivity index (χ0v) is 14.4. The summed E-state index contributed by atoms with van der Waals surface area (Å²) in [5, 5.41) is 0. The van der Waals surface area contributed by atoms with Gasteiger partial charge in [0.25, 0.3) is 5.91 Å². The highest BCUT2D eigenvalue weighted by Gasteiger charge is 2.28. The Labute approximate surface area is 146 Å². The zero-order valence-electron chi connectivity index (χ0n) is 13.6. The van der Waals surface area contributed by atoms with Crippen LogP contribution >= 0.6 is 12.2 Å². The number of H-pyrrole nitrogens is 1. The molecule has 0 aliphatic carbocycles. The second kappa shape index (κ2) is 7.09. The van der Waals surface area contributed by atoms with Gasteiger partial charge in [-0.15, -0.1) is 0 Å². The summed E-state index contributed by atoms with van der Waals surface area (Å²) in [5.74, 6) is 0.110. The molecule has 1 aromatic carbocycles. The molecule has 1 aliphatic rings. The smallest absolute Gasteiger partial charge is 0.256 e. The lowest BCUT2D eigenvalue weighted by Crippen LogP contribution is -2.40. The van der Waals surface area contributed by atoms with Crippen LogP contribution in [0.2, 0.25) is 0 Å². The van der Waals surface area contributed by atoms with E-state index < -0.39 is 0 Å². The number of rotatable bonds is 3. The topological polar surface area (TPSA) is 53.2 Å². The Balaban J connectivity index is 1.64. The van der Waals surface area contributed by atoms with Gasteiger partial charge in [0, 0.05) is 30.8 Å². The molecule has 2 heterocycles. The van der Waals surface area contributed by atoms with E-state index in [4.69, 9.17) is 12.2 Å². The van der Waals surface area contributed by atoms with Crippen LogP contribution in [0.3, 0.4) is 0 Å². The maximum atomic E-state index is 12.6. The van der Waals surface area contributed by atoms with Crippen molar-refractivity contribution in [2.75, 3.05) is 13.1 Å². The van der Waals surface area contributed by atoms with Crippen molar-refractivity contribution in [3.63, 3.8) is 0 Å². The molecule has 1 aliphatic heterocycles. The first-order valence-electron chi connectivity index (χ1n) is 8.14. The maximum Gasteiger partial charge on any atom is 0.256 e. The normalized spacial score (nSPS) is 15.3. The number of aromatic nitrogens is 1. The Morgan fingerprint density at radius 1 is 1.12 bits per heavy atom. The fourth-order valence-corrected chi connectivity index (χ4v) is 3.28. The minimum absolute atomic E-state index is 0.0120. The second-order valence-electron chi connectivity index (χ2n) is 6.21. The number of piperidine rings is 1. The van der Waals surface area contributed by atoms with Gasteiger partial charge in [0.15, 0.2) is 5.78 Å². The van der Waals surface area contributed by atoms with E-state index >= 15 is 0 Å². The van der Waals surface area contributed by atoms with Crippen LogP contribution in [-0.4, -0.2) is 34.7 Å². The molecule has 0 spiro atoms. The number of nitrogens with one attached hydrogen (secondary N) is 1. The summed E-state index contributed by atoms with van der Waals surface area (Å²) in [6.07, 6.45) is 3.11. The minimum atomic E-state index is -0.0573. The van der Waals surface area contributed by atoms with Crippen LogP contribution in [-0.2, 0) is 0 Å². The molecule has 0 unspecified atom stereocenters. The number of carbonyl (C=O) groups is 2. The number of hydrogen-bond donors (Lipinski definition) is 1. The first-order valence-corrected chi connectivity index (χ1v) is 8.55. The number of aryl methyl sites for hydroxylation is 1. The minimum Gasteiger partial charge on any atom is -0.352 e. The molecule has 0 saturated carbocycles. The molecule has 3 rings (SSSR count). The molecule has 124 valence electrons. The summed E-state index contributed by atoms with van der Waals surface area (Å²) in [7, 11) is 0. The molecule has 1 saturated heterocycles. The van der Waals surface area contributed by atoms with Gasteiger partial charge in [-0.3, -0.25) is 9.59 Å². The molecule has 2 aromatic rings. The lowest BCUT2D eigenvalue weighted by molar-refractivity contribution is 0.0649. The first-order chi connectivity index (χ1) is 11.6. The van der Waals surface area contributed by atoms with Crippen molar-refractivity contribution in [3.05, 3.63) is 63.9 Å². The van der Waals surface area contributed by atoms with Gasteiger partial charge in [0.05, 0.1) is 5.56 Å². The van der Waals surface area contributed by atoms with Crippen molar-refractivity contribution in [1.29, 1.82) is 0 Å². The van der Waals surface area contributed by atoms with Gasteiger partial charge in [0.1, 0.15) is 4.64 Å². The van der Waals surface area contributed by atoms with E-state index in [0.29, 0.717) is 36.1 Å². The number of nitrogens with zero attached hydrogens (tertiary/aromatic N) is 1. The van der Waals surface area contributed by atoms with E-state index in [-0.39, 0.29) is 17.6 Å². The van der Waals surface area contributed by atoms with Crippen LogP contribution in [0.1, 0.15) is 39.1 Å². The summed E-state index contributed by atoms with van der Waals surface area (Å²) in [6.45, 7) is 3.18. The predicted molar refractivity (Wildman–Crippen MR) is 95.8 cm³/mol. The number of Topliss-reactive ketones (excluding diaryl/α,β-unsaturated/α-hetero) is 1. The molecular weight excluding hydrogens is 320 g/mol. The third kappa shape index (κ3) is 3.46. The second-order valence-corrected chi connectivity index (χ2v) is 6.62. The number of amides is 1. The quantitative estimate of drug-likeness (QED) is 0.683. The maximum absolute atomic E-state index is 12.6. The van der Waals surface area contributed by atoms with Crippen LogP contribution in [0, 0.1) is 17.5 Å². The molecule has 1 N–H and O–H groups in total. The van der Waals surface area contributed by atoms with Crippen molar-refractivity contribution in [3.8, 4) is 0 Å². The Morgan fingerprint density at radius 3 is 2.42 bits per heavy atom. The number of hydrogen-bond acceptors (Lipinski definition) is 3. The van der Waals surface area contributed by atoms with Crippen LogP contribution in [0.5, 0.6) is 0 Å². The molecule has 0 bridgehead atoms. The van der Waals surface area contributed by atoms with Crippen LogP contribution in [0.15, 0.2) is 42.6 Å². The van der Waals surface area contributed by atoms with E-state index in [1.54, 1.807) is 23.2 Å². The van der Waals surface area contributed by atoms with Crippen LogP contribution in [0.25, 0.3) is 0 Å². The number of pyridine rings is 1. The third-order valence-electron chi connectivity index (χ3n) is 4.54. The lowest BCUT2D eigenvalue weighted by Gasteiger charge is -2.31. The van der Waals surface area contributed by atoms with Gasteiger partial charge < -0.3 is 9.88 Å². The van der Waals surface area contributed by atoms with Crippen molar-refractivity contribution < 1.29 is 9.59 Å². The van der Waals surface area contributed by atoms with Crippen molar-refractivity contribution in [2.24, 2.45) is 5.92 Å². The molecule has 0 atom stereocenters. The number of carbonyl (C=O) groups excluding carboxylic acids is 2. The predicted octanol–water partition coefficient (Wildman–Crippen LogP) is 3.79. The SMILES string of the molecule is Cc1ccc(C(=O)C2CCN(C(=O)c3ccc[nH]c3=S)CC2)cc1. The Hall–Kier alpha value is -2.27. The molecular formula is C19H20N2O2S. The molecule has 0 radical (unpaired) electrons. The molecule has 1 aromatic heterocycles. The summed E-state index contributed by atoms with van der Waals surface area (Å²) in [5.41, 5.74) is 2.43. The average Bonchev–Trinajstić information content (AvgIpc) is 2.62. The van der Waals surface area contributed by atoms with E-state index in [0.717, 1.165) is 11.1 Å². The number of benzene rings is 1. The largest absolute Gasteiger partial charge is 0.352 e. The van der Waals surface area contributed by atoms with Crippen LogP contribution < -0.4 is 0 Å². The molecule has 24 heavy (non-hydrogen) atoms. The van der Waals surface area contributed by atoms with Gasteiger partial charge in [-0.05, 0) is 31.9 Å². The Bertz CT molecular complexity index is 803.